The maximum atomic E-state index is 11.9. The van der Waals surface area contributed by atoms with Gasteiger partial charge in [0.2, 0.25) is 5.91 Å². The predicted molar refractivity (Wildman–Crippen MR) is 106 cm³/mol. The van der Waals surface area contributed by atoms with E-state index in [4.69, 9.17) is 9.73 Å². The number of nitrogens with one attached hydrogen (secondary N) is 2. The number of carbonyl (C=O) groups excluding carboxylic acids is 2. The Bertz CT molecular complexity index is 667. The largest absolute Gasteiger partial charge is 0.466 e. The maximum absolute atomic E-state index is 11.9. The highest BCUT2D eigenvalue weighted by atomic mass is 16.5. The number of amides is 1. The number of nitrogens with zero attached hydrogens (tertiary/aromatic N) is 2. The van der Waals surface area contributed by atoms with Crippen molar-refractivity contribution >= 4 is 23.5 Å². The van der Waals surface area contributed by atoms with Crippen LogP contribution in [0.4, 0.5) is 5.69 Å². The van der Waals surface area contributed by atoms with E-state index < -0.39 is 0 Å². The number of hydrogen-bond acceptors (Lipinski definition) is 4. The zero-order valence-corrected chi connectivity index (χ0v) is 16.5. The lowest BCUT2D eigenvalue weighted by Gasteiger charge is -2.33. The molecule has 0 spiro atoms. The van der Waals surface area contributed by atoms with Gasteiger partial charge in [0.25, 0.3) is 0 Å². The number of hydrogen-bond donors (Lipinski definition) is 2. The SMILES string of the molecule is CCNC(=NCc1cccc(NC(C)=O)c1)N1CCC(C(=O)OCC)CC1. The molecule has 1 heterocycles. The summed E-state index contributed by atoms with van der Waals surface area (Å²) in [6, 6.07) is 7.70. The molecule has 1 aromatic carbocycles. The smallest absolute Gasteiger partial charge is 0.309 e. The van der Waals surface area contributed by atoms with Crippen molar-refractivity contribution in [2.75, 3.05) is 31.6 Å². The second kappa shape index (κ2) is 10.5. The Morgan fingerprint density at radius 1 is 1.26 bits per heavy atom. The van der Waals surface area contributed by atoms with E-state index in [0.29, 0.717) is 13.2 Å². The van der Waals surface area contributed by atoms with E-state index in [9.17, 15) is 9.59 Å². The fraction of sp³-hybridized carbons (Fsp3) is 0.550. The van der Waals surface area contributed by atoms with Crippen LogP contribution in [-0.2, 0) is 20.9 Å². The van der Waals surface area contributed by atoms with Crippen LogP contribution in [0.15, 0.2) is 29.3 Å². The number of guanidine groups is 1. The van der Waals surface area contributed by atoms with Crippen molar-refractivity contribution in [3.8, 4) is 0 Å². The Balaban J connectivity index is 1.98. The van der Waals surface area contributed by atoms with Crippen molar-refractivity contribution in [2.45, 2.75) is 40.2 Å². The standard InChI is InChI=1S/C20H30N4O3/c1-4-21-20(24-11-9-17(10-12-24)19(26)27-5-2)22-14-16-7-6-8-18(13-16)23-15(3)25/h6-8,13,17H,4-5,9-12,14H2,1-3H3,(H,21,22)(H,23,25). The van der Waals surface area contributed by atoms with Gasteiger partial charge in [-0.3, -0.25) is 9.59 Å². The van der Waals surface area contributed by atoms with E-state index in [2.05, 4.69) is 15.5 Å². The Morgan fingerprint density at radius 3 is 2.63 bits per heavy atom. The summed E-state index contributed by atoms with van der Waals surface area (Å²) < 4.78 is 5.14. The van der Waals surface area contributed by atoms with E-state index in [1.165, 1.54) is 6.92 Å². The molecular formula is C20H30N4O3. The molecule has 1 fully saturated rings. The van der Waals surface area contributed by atoms with Gasteiger partial charge in [0.05, 0.1) is 19.1 Å². The lowest BCUT2D eigenvalue weighted by molar-refractivity contribution is -0.149. The molecular weight excluding hydrogens is 344 g/mol. The molecule has 0 bridgehead atoms. The third-order valence-corrected chi connectivity index (χ3v) is 4.41. The molecule has 1 aliphatic heterocycles. The zero-order chi connectivity index (χ0) is 19.6. The first-order valence-corrected chi connectivity index (χ1v) is 9.59. The van der Waals surface area contributed by atoms with E-state index in [0.717, 1.165) is 49.7 Å². The van der Waals surface area contributed by atoms with Gasteiger partial charge in [0.15, 0.2) is 5.96 Å². The first kappa shape index (κ1) is 20.7. The van der Waals surface area contributed by atoms with Crippen molar-refractivity contribution < 1.29 is 14.3 Å². The molecule has 1 aromatic rings. The van der Waals surface area contributed by atoms with Crippen LogP contribution in [0.25, 0.3) is 0 Å². The number of esters is 1. The Kier molecular flexibility index (Phi) is 8.10. The number of benzene rings is 1. The summed E-state index contributed by atoms with van der Waals surface area (Å²) >= 11 is 0. The first-order valence-electron chi connectivity index (χ1n) is 9.59. The number of aliphatic imine (C=N–C) groups is 1. The molecule has 7 nitrogen and oxygen atoms in total. The van der Waals surface area contributed by atoms with Gasteiger partial charge in [-0.15, -0.1) is 0 Å². The molecule has 0 aromatic heterocycles. The van der Waals surface area contributed by atoms with Gasteiger partial charge in [0, 0.05) is 32.2 Å². The highest BCUT2D eigenvalue weighted by Gasteiger charge is 2.27. The van der Waals surface area contributed by atoms with Crippen LogP contribution in [0.3, 0.4) is 0 Å². The minimum absolute atomic E-state index is 0.0154. The monoisotopic (exact) mass is 374 g/mol. The molecule has 2 N–H and O–H groups in total. The van der Waals surface area contributed by atoms with Crippen LogP contribution in [0.1, 0.15) is 39.2 Å². The van der Waals surface area contributed by atoms with Crippen LogP contribution in [0, 0.1) is 5.92 Å². The van der Waals surface area contributed by atoms with Gasteiger partial charge in [0.1, 0.15) is 0 Å². The first-order chi connectivity index (χ1) is 13.0. The van der Waals surface area contributed by atoms with Crippen LogP contribution in [0.2, 0.25) is 0 Å². The Morgan fingerprint density at radius 2 is 2.00 bits per heavy atom. The molecule has 1 aliphatic rings. The summed E-state index contributed by atoms with van der Waals surface area (Å²) in [6.07, 6.45) is 1.56. The average Bonchev–Trinajstić information content (AvgIpc) is 2.65. The third-order valence-electron chi connectivity index (χ3n) is 4.41. The summed E-state index contributed by atoms with van der Waals surface area (Å²) in [5.41, 5.74) is 1.80. The number of carbonyl (C=O) groups is 2. The summed E-state index contributed by atoms with van der Waals surface area (Å²) in [5, 5.41) is 6.12. The molecule has 0 saturated carbocycles. The minimum Gasteiger partial charge on any atom is -0.466 e. The van der Waals surface area contributed by atoms with Gasteiger partial charge >= 0.3 is 5.97 Å². The third kappa shape index (κ3) is 6.58. The van der Waals surface area contributed by atoms with Crippen LogP contribution >= 0.6 is 0 Å². The second-order valence-electron chi connectivity index (χ2n) is 6.57. The topological polar surface area (TPSA) is 83.0 Å². The highest BCUT2D eigenvalue weighted by molar-refractivity contribution is 5.88. The fourth-order valence-corrected chi connectivity index (χ4v) is 3.13. The molecule has 1 amide bonds. The number of piperidine rings is 1. The highest BCUT2D eigenvalue weighted by Crippen LogP contribution is 2.19. The maximum Gasteiger partial charge on any atom is 0.309 e. The van der Waals surface area contributed by atoms with Gasteiger partial charge in [-0.2, -0.15) is 0 Å². The van der Waals surface area contributed by atoms with Crippen molar-refractivity contribution in [1.82, 2.24) is 10.2 Å². The second-order valence-corrected chi connectivity index (χ2v) is 6.57. The van der Waals surface area contributed by atoms with Gasteiger partial charge < -0.3 is 20.3 Å². The van der Waals surface area contributed by atoms with E-state index >= 15 is 0 Å². The summed E-state index contributed by atoms with van der Waals surface area (Å²) in [7, 11) is 0. The predicted octanol–water partition coefficient (Wildman–Crippen LogP) is 2.39. The lowest BCUT2D eigenvalue weighted by Crippen LogP contribution is -2.46. The summed E-state index contributed by atoms with van der Waals surface area (Å²) in [5.74, 6) is 0.658. The average molecular weight is 374 g/mol. The Hall–Kier alpha value is -2.57. The van der Waals surface area contributed by atoms with Gasteiger partial charge in [-0.1, -0.05) is 12.1 Å². The van der Waals surface area contributed by atoms with Crippen LogP contribution in [0.5, 0.6) is 0 Å². The van der Waals surface area contributed by atoms with Crippen LogP contribution < -0.4 is 10.6 Å². The summed E-state index contributed by atoms with van der Waals surface area (Å²) in [4.78, 5) is 30.0. The molecule has 0 atom stereocenters. The van der Waals surface area contributed by atoms with Crippen molar-refractivity contribution in [3.05, 3.63) is 29.8 Å². The molecule has 27 heavy (non-hydrogen) atoms. The molecule has 0 aliphatic carbocycles. The number of rotatable bonds is 6. The zero-order valence-electron chi connectivity index (χ0n) is 16.5. The van der Waals surface area contributed by atoms with E-state index in [-0.39, 0.29) is 17.8 Å². The quantitative estimate of drug-likeness (QED) is 0.454. The van der Waals surface area contributed by atoms with Gasteiger partial charge in [-0.05, 0) is 44.4 Å². The van der Waals surface area contributed by atoms with E-state index in [1.54, 1.807) is 0 Å². The number of anilines is 1. The molecule has 2 rings (SSSR count). The van der Waals surface area contributed by atoms with Crippen molar-refractivity contribution in [1.29, 1.82) is 0 Å². The molecule has 7 heteroatoms. The lowest BCUT2D eigenvalue weighted by atomic mass is 9.97. The Labute approximate surface area is 161 Å². The van der Waals surface area contributed by atoms with Crippen molar-refractivity contribution in [3.63, 3.8) is 0 Å². The van der Waals surface area contributed by atoms with Gasteiger partial charge in [-0.25, -0.2) is 4.99 Å². The fourth-order valence-electron chi connectivity index (χ4n) is 3.13. The molecule has 148 valence electrons. The minimum atomic E-state index is -0.0894. The van der Waals surface area contributed by atoms with Crippen molar-refractivity contribution in [2.24, 2.45) is 10.9 Å². The molecule has 0 radical (unpaired) electrons. The normalized spacial score (nSPS) is 15.4. The van der Waals surface area contributed by atoms with E-state index in [1.807, 2.05) is 38.1 Å². The molecule has 1 saturated heterocycles. The van der Waals surface area contributed by atoms with Crippen LogP contribution in [-0.4, -0.2) is 49.0 Å². The molecule has 0 unspecified atom stereocenters. The number of likely N-dealkylation sites (tertiary alicyclic amines) is 1. The number of ether oxygens (including phenoxy) is 1. The summed E-state index contributed by atoms with van der Waals surface area (Å²) in [6.45, 7) is 8.66.